The van der Waals surface area contributed by atoms with Gasteiger partial charge in [-0.25, -0.2) is 4.39 Å². The van der Waals surface area contributed by atoms with Crippen molar-refractivity contribution in [2.45, 2.75) is 18.5 Å². The summed E-state index contributed by atoms with van der Waals surface area (Å²) in [6.45, 7) is 5.02. The Bertz CT molecular complexity index is 826. The zero-order valence-corrected chi connectivity index (χ0v) is 16.0. The fourth-order valence-electron chi connectivity index (χ4n) is 3.66. The zero-order valence-electron chi connectivity index (χ0n) is 15.1. The highest BCUT2D eigenvalue weighted by Crippen LogP contribution is 2.36. The van der Waals surface area contributed by atoms with Gasteiger partial charge in [-0.1, -0.05) is 12.1 Å². The van der Waals surface area contributed by atoms with Gasteiger partial charge < -0.3 is 14.5 Å². The first-order valence-electron chi connectivity index (χ1n) is 9.04. The molecule has 2 atom stereocenters. The van der Waals surface area contributed by atoms with Gasteiger partial charge in [0.05, 0.1) is 18.9 Å². The first-order valence-corrected chi connectivity index (χ1v) is 9.56. The van der Waals surface area contributed by atoms with Crippen LogP contribution in [-0.2, 0) is 9.53 Å². The van der Waals surface area contributed by atoms with Crippen molar-refractivity contribution in [2.75, 3.05) is 41.0 Å². The second kappa shape index (κ2) is 7.40. The molecule has 0 N–H and O–H groups in total. The van der Waals surface area contributed by atoms with E-state index in [-0.39, 0.29) is 11.6 Å². The summed E-state index contributed by atoms with van der Waals surface area (Å²) in [5.74, 6) is -0.598. The predicted octanol–water partition coefficient (Wildman–Crippen LogP) is 3.12. The van der Waals surface area contributed by atoms with Crippen molar-refractivity contribution >= 4 is 35.6 Å². The summed E-state index contributed by atoms with van der Waals surface area (Å²) < 4.78 is 19.6. The third-order valence-corrected chi connectivity index (χ3v) is 5.61. The van der Waals surface area contributed by atoms with E-state index in [1.54, 1.807) is 18.2 Å². The molecule has 2 heterocycles. The van der Waals surface area contributed by atoms with Crippen LogP contribution in [0.2, 0.25) is 0 Å². The second-order valence-electron chi connectivity index (χ2n) is 6.71. The van der Waals surface area contributed by atoms with Gasteiger partial charge in [-0.05, 0) is 43.3 Å². The monoisotopic (exact) mass is 387 g/mol. The molecule has 2 fully saturated rings. The van der Waals surface area contributed by atoms with Crippen LogP contribution in [-0.4, -0.2) is 43.8 Å². The lowest BCUT2D eigenvalue weighted by Gasteiger charge is -2.31. The van der Waals surface area contributed by atoms with E-state index in [1.807, 2.05) is 36.1 Å². The van der Waals surface area contributed by atoms with E-state index in [4.69, 9.17) is 4.74 Å². The number of anilines is 3. The number of hydrogen-bond acceptors (Lipinski definition) is 5. The number of hydrogen-bond donors (Lipinski definition) is 1. The number of halogens is 1. The molecule has 2 saturated heterocycles. The molecule has 2 aromatic carbocycles. The Hall–Kier alpha value is -2.25. The largest absolute Gasteiger partial charge is 0.378 e. The summed E-state index contributed by atoms with van der Waals surface area (Å²) in [5, 5.41) is 0. The molecule has 2 aliphatic heterocycles. The minimum absolute atomic E-state index is 0.169. The Morgan fingerprint density at radius 1 is 1.04 bits per heavy atom. The van der Waals surface area contributed by atoms with Crippen LogP contribution in [0.25, 0.3) is 0 Å². The van der Waals surface area contributed by atoms with Gasteiger partial charge in [0.2, 0.25) is 0 Å². The Balaban J connectivity index is 1.60. The minimum atomic E-state index is -0.571. The molecule has 27 heavy (non-hydrogen) atoms. The van der Waals surface area contributed by atoms with E-state index in [0.29, 0.717) is 0 Å². The van der Waals surface area contributed by atoms with Crippen LogP contribution in [0.1, 0.15) is 6.92 Å². The molecule has 2 aromatic rings. The van der Waals surface area contributed by atoms with Crippen LogP contribution in [0.4, 0.5) is 21.5 Å². The lowest BCUT2D eigenvalue weighted by Crippen LogP contribution is -2.37. The van der Waals surface area contributed by atoms with Crippen LogP contribution < -0.4 is 14.7 Å². The standard InChI is InChI=1S/C20H22FN3O2S/c1-14-19(25)24(18-5-3-2-4-17(18)21)20(27)23(14)16-8-6-15(7-9-16)22-10-12-26-13-11-22/h2-9,14,20,27H,10-13H2,1H3. The highest BCUT2D eigenvalue weighted by Gasteiger charge is 2.43. The maximum Gasteiger partial charge on any atom is 0.251 e. The first-order chi connectivity index (χ1) is 13.1. The summed E-state index contributed by atoms with van der Waals surface area (Å²) >= 11 is 4.64. The smallest absolute Gasteiger partial charge is 0.251 e. The molecular formula is C20H22FN3O2S. The Morgan fingerprint density at radius 3 is 2.33 bits per heavy atom. The average molecular weight is 387 g/mol. The molecule has 0 bridgehead atoms. The number of rotatable bonds is 3. The molecule has 5 nitrogen and oxygen atoms in total. The number of ether oxygens (including phenoxy) is 1. The lowest BCUT2D eigenvalue weighted by atomic mass is 10.2. The average Bonchev–Trinajstić information content (AvgIpc) is 2.92. The predicted molar refractivity (Wildman–Crippen MR) is 108 cm³/mol. The fraction of sp³-hybridized carbons (Fsp3) is 0.350. The van der Waals surface area contributed by atoms with Gasteiger partial charge in [0.1, 0.15) is 11.9 Å². The van der Waals surface area contributed by atoms with Gasteiger partial charge in [-0.3, -0.25) is 9.69 Å². The van der Waals surface area contributed by atoms with Crippen LogP contribution >= 0.6 is 12.6 Å². The van der Waals surface area contributed by atoms with Crippen molar-refractivity contribution in [2.24, 2.45) is 0 Å². The van der Waals surface area contributed by atoms with E-state index in [2.05, 4.69) is 17.5 Å². The highest BCUT2D eigenvalue weighted by molar-refractivity contribution is 7.81. The molecule has 4 rings (SSSR count). The fourth-order valence-corrected chi connectivity index (χ4v) is 4.23. The molecule has 0 radical (unpaired) electrons. The second-order valence-corrected chi connectivity index (χ2v) is 7.17. The number of amides is 1. The zero-order chi connectivity index (χ0) is 19.0. The summed E-state index contributed by atoms with van der Waals surface area (Å²) in [4.78, 5) is 18.4. The van der Waals surface area contributed by atoms with E-state index < -0.39 is 17.4 Å². The normalized spacial score (nSPS) is 23.2. The number of nitrogens with zero attached hydrogens (tertiary/aromatic N) is 3. The highest BCUT2D eigenvalue weighted by atomic mass is 32.1. The topological polar surface area (TPSA) is 36.0 Å². The number of thiol groups is 1. The third-order valence-electron chi connectivity index (χ3n) is 5.13. The van der Waals surface area contributed by atoms with Crippen molar-refractivity contribution in [1.29, 1.82) is 0 Å². The molecule has 2 aliphatic rings. The first kappa shape index (κ1) is 18.1. The summed E-state index contributed by atoms with van der Waals surface area (Å²) in [5.41, 5.74) is 1.69. The molecule has 0 saturated carbocycles. The van der Waals surface area contributed by atoms with Crippen molar-refractivity contribution in [1.82, 2.24) is 0 Å². The Labute approximate surface area is 163 Å². The van der Waals surface area contributed by atoms with Gasteiger partial charge >= 0.3 is 0 Å². The summed E-state index contributed by atoms with van der Waals surface area (Å²) in [6.07, 6.45) is 0. The van der Waals surface area contributed by atoms with Gasteiger partial charge in [-0.2, -0.15) is 0 Å². The molecule has 0 aromatic heterocycles. The molecule has 7 heteroatoms. The van der Waals surface area contributed by atoms with Gasteiger partial charge in [0.15, 0.2) is 5.50 Å². The van der Waals surface area contributed by atoms with Gasteiger partial charge in [0.25, 0.3) is 5.91 Å². The molecule has 0 aliphatic carbocycles. The quantitative estimate of drug-likeness (QED) is 0.821. The Kier molecular flexibility index (Phi) is 4.97. The number of benzene rings is 2. The van der Waals surface area contributed by atoms with Crippen LogP contribution in [0.15, 0.2) is 48.5 Å². The molecule has 2 unspecified atom stereocenters. The van der Waals surface area contributed by atoms with Crippen molar-refractivity contribution in [3.63, 3.8) is 0 Å². The molecule has 0 spiro atoms. The van der Waals surface area contributed by atoms with Crippen molar-refractivity contribution in [3.05, 3.63) is 54.3 Å². The number of carbonyl (C=O) groups is 1. The summed E-state index contributed by atoms with van der Waals surface area (Å²) in [7, 11) is 0. The molecule has 142 valence electrons. The number of morpholine rings is 1. The van der Waals surface area contributed by atoms with Crippen LogP contribution in [0, 0.1) is 5.82 Å². The minimum Gasteiger partial charge on any atom is -0.378 e. The van der Waals surface area contributed by atoms with E-state index >= 15 is 0 Å². The number of para-hydroxylation sites is 1. The summed E-state index contributed by atoms with van der Waals surface area (Å²) in [6, 6.07) is 13.9. The van der Waals surface area contributed by atoms with Gasteiger partial charge in [-0.15, -0.1) is 12.6 Å². The van der Waals surface area contributed by atoms with Gasteiger partial charge in [0, 0.05) is 24.5 Å². The lowest BCUT2D eigenvalue weighted by molar-refractivity contribution is -0.117. The maximum atomic E-state index is 14.2. The Morgan fingerprint density at radius 2 is 1.67 bits per heavy atom. The van der Waals surface area contributed by atoms with Crippen LogP contribution in [0.3, 0.4) is 0 Å². The van der Waals surface area contributed by atoms with E-state index in [0.717, 1.165) is 37.7 Å². The van der Waals surface area contributed by atoms with Crippen molar-refractivity contribution in [3.8, 4) is 0 Å². The van der Waals surface area contributed by atoms with E-state index in [9.17, 15) is 9.18 Å². The molecular weight excluding hydrogens is 365 g/mol. The molecule has 1 amide bonds. The van der Waals surface area contributed by atoms with E-state index in [1.165, 1.54) is 11.0 Å². The number of carbonyl (C=O) groups excluding carboxylic acids is 1. The SMILES string of the molecule is CC1C(=O)N(c2ccccc2F)C(S)N1c1ccc(N2CCOCC2)cc1. The van der Waals surface area contributed by atoms with Crippen LogP contribution in [0.5, 0.6) is 0 Å². The maximum absolute atomic E-state index is 14.2. The van der Waals surface area contributed by atoms with Crippen molar-refractivity contribution < 1.29 is 13.9 Å². The third kappa shape index (κ3) is 3.26.